The van der Waals surface area contributed by atoms with Gasteiger partial charge in [-0.1, -0.05) is 0 Å². The van der Waals surface area contributed by atoms with Gasteiger partial charge in [0.2, 0.25) is 5.78 Å². The minimum atomic E-state index is -4.46. The number of rotatable bonds is 7. The quantitative estimate of drug-likeness (QED) is 0.522. The Kier molecular flexibility index (Phi) is 6.19. The molecule has 0 aliphatic carbocycles. The number of pyridine rings is 1. The fourth-order valence-corrected chi connectivity index (χ4v) is 4.66. The lowest BCUT2D eigenvalue weighted by molar-refractivity contribution is -0.137. The van der Waals surface area contributed by atoms with Gasteiger partial charge in [-0.3, -0.25) is 14.5 Å². The number of carbonyl (C=O) groups is 2. The lowest BCUT2D eigenvalue weighted by atomic mass is 9.91. The minimum absolute atomic E-state index is 0.216. The third-order valence-corrected chi connectivity index (χ3v) is 6.22. The molecule has 1 aliphatic heterocycles. The number of nitrogens with zero attached hydrogens (tertiary/aromatic N) is 3. The Morgan fingerprint density at radius 2 is 2.13 bits per heavy atom. The monoisotopic (exact) mass is 440 g/mol. The van der Waals surface area contributed by atoms with Crippen LogP contribution in [0.1, 0.15) is 31.9 Å². The van der Waals surface area contributed by atoms with Gasteiger partial charge in [0, 0.05) is 30.2 Å². The molecule has 3 rings (SSSR count). The molecular weight excluding hydrogens is 417 g/mol. The predicted octanol–water partition coefficient (Wildman–Crippen LogP) is 3.79. The van der Waals surface area contributed by atoms with Gasteiger partial charge < -0.3 is 10.2 Å². The fraction of sp³-hybridized carbons (Fsp3) is 0.450. The van der Waals surface area contributed by atoms with Gasteiger partial charge in [-0.25, -0.2) is 4.98 Å². The third-order valence-electron chi connectivity index (χ3n) is 5.26. The first-order valence-electron chi connectivity index (χ1n) is 9.43. The Morgan fingerprint density at radius 1 is 1.40 bits per heavy atom. The molecule has 6 nitrogen and oxygen atoms in total. The summed E-state index contributed by atoms with van der Waals surface area (Å²) in [5.41, 5.74) is -0.599. The Morgan fingerprint density at radius 3 is 2.73 bits per heavy atom. The maximum absolute atomic E-state index is 13.1. The number of ketones is 1. The van der Waals surface area contributed by atoms with Crippen LogP contribution >= 0.6 is 11.3 Å². The number of nitrogens with one attached hydrogen (secondary N) is 1. The van der Waals surface area contributed by atoms with E-state index in [-0.39, 0.29) is 13.0 Å². The van der Waals surface area contributed by atoms with Crippen molar-refractivity contribution in [1.29, 1.82) is 0 Å². The van der Waals surface area contributed by atoms with E-state index in [9.17, 15) is 22.8 Å². The molecule has 1 aliphatic rings. The molecule has 1 saturated heterocycles. The summed E-state index contributed by atoms with van der Waals surface area (Å²) >= 11 is 0.915. The molecule has 1 fully saturated rings. The number of hydrogen-bond donors (Lipinski definition) is 1. The zero-order valence-electron chi connectivity index (χ0n) is 16.9. The van der Waals surface area contributed by atoms with Gasteiger partial charge in [-0.15, -0.1) is 11.3 Å². The summed E-state index contributed by atoms with van der Waals surface area (Å²) in [6.45, 7) is 6.99. The average molecular weight is 440 g/mol. The van der Waals surface area contributed by atoms with Crippen molar-refractivity contribution in [3.05, 3.63) is 40.9 Å². The number of hydrogen-bond acceptors (Lipinski definition) is 7. The number of halogens is 3. The average Bonchev–Trinajstić information content (AvgIpc) is 3.25. The zero-order valence-corrected chi connectivity index (χ0v) is 17.7. The smallest absolute Gasteiger partial charge is 0.370 e. The Hall–Kier alpha value is -2.46. The highest BCUT2D eigenvalue weighted by molar-refractivity contribution is 7.14. The maximum atomic E-state index is 13.1. The van der Waals surface area contributed by atoms with Crippen molar-refractivity contribution in [2.24, 2.45) is 0 Å². The van der Waals surface area contributed by atoms with Gasteiger partial charge >= 0.3 is 6.18 Å². The molecule has 2 aromatic rings. The molecule has 0 saturated carbocycles. The lowest BCUT2D eigenvalue weighted by Gasteiger charge is -2.34. The number of thiophene rings is 1. The molecular formula is C20H23F3N4O2S. The second-order valence-corrected chi connectivity index (χ2v) is 8.53. The molecule has 0 radical (unpaired) electrons. The molecule has 0 spiro atoms. The van der Waals surface area contributed by atoms with Crippen molar-refractivity contribution in [2.45, 2.75) is 45.1 Å². The number of alkyl halides is 3. The fourth-order valence-electron chi connectivity index (χ4n) is 3.71. The van der Waals surface area contributed by atoms with Crippen molar-refractivity contribution >= 4 is 34.2 Å². The van der Waals surface area contributed by atoms with Crippen molar-refractivity contribution < 1.29 is 22.8 Å². The number of aldehydes is 1. The van der Waals surface area contributed by atoms with Crippen LogP contribution in [0, 0.1) is 0 Å². The van der Waals surface area contributed by atoms with Crippen LogP contribution in [-0.2, 0) is 22.3 Å². The molecule has 30 heavy (non-hydrogen) atoms. The van der Waals surface area contributed by atoms with E-state index < -0.39 is 29.1 Å². The van der Waals surface area contributed by atoms with E-state index >= 15 is 0 Å². The van der Waals surface area contributed by atoms with Gasteiger partial charge in [0.1, 0.15) is 11.9 Å². The molecule has 1 N–H and O–H groups in total. The number of Topliss-reactive ketones (excluding diaryl/α,β-unsaturated/α-hetero) is 1. The molecule has 1 atom stereocenters. The summed E-state index contributed by atoms with van der Waals surface area (Å²) in [7, 11) is 0. The first-order chi connectivity index (χ1) is 14.1. The standard InChI is InChI=1S/C20H23F3N4O2S/c1-4-24-16-7-13(5-6-25-16)9-26-12-27(18(15(29)10-28)19(26,2)3)17-8-14(11-30-17)20(21,22)23/h5-8,10-11,18H,4,9,12H2,1-3H3,(H,24,25). The minimum Gasteiger partial charge on any atom is -0.370 e. The first kappa shape index (κ1) is 22.2. The SMILES string of the molecule is CCNc1cc(CN2CN(c3cc(C(F)(F)F)cs3)C(C(=O)C=O)C2(C)C)ccn1. The van der Waals surface area contributed by atoms with E-state index in [1.807, 2.05) is 37.8 Å². The van der Waals surface area contributed by atoms with Crippen molar-refractivity contribution in [2.75, 3.05) is 23.4 Å². The Bertz CT molecular complexity index is 929. The third kappa shape index (κ3) is 4.34. The lowest BCUT2D eigenvalue weighted by Crippen LogP contribution is -2.51. The van der Waals surface area contributed by atoms with Crippen LogP contribution in [0.5, 0.6) is 0 Å². The number of aromatic nitrogens is 1. The topological polar surface area (TPSA) is 65.5 Å². The largest absolute Gasteiger partial charge is 0.417 e. The highest BCUT2D eigenvalue weighted by Crippen LogP contribution is 2.41. The van der Waals surface area contributed by atoms with E-state index in [0.717, 1.165) is 40.7 Å². The highest BCUT2D eigenvalue weighted by atomic mass is 32.1. The molecule has 3 heterocycles. The van der Waals surface area contributed by atoms with Crippen LogP contribution in [0.2, 0.25) is 0 Å². The van der Waals surface area contributed by atoms with Crippen LogP contribution < -0.4 is 10.2 Å². The highest BCUT2D eigenvalue weighted by Gasteiger charge is 2.50. The van der Waals surface area contributed by atoms with Crippen molar-refractivity contribution in [1.82, 2.24) is 9.88 Å². The van der Waals surface area contributed by atoms with E-state index in [0.29, 0.717) is 11.5 Å². The Balaban J connectivity index is 1.92. The molecule has 0 amide bonds. The van der Waals surface area contributed by atoms with Crippen LogP contribution in [0.15, 0.2) is 29.8 Å². The summed E-state index contributed by atoms with van der Waals surface area (Å²) in [6.07, 6.45) is -2.54. The van der Waals surface area contributed by atoms with Crippen LogP contribution in [0.3, 0.4) is 0 Å². The van der Waals surface area contributed by atoms with Crippen molar-refractivity contribution in [3.63, 3.8) is 0 Å². The molecule has 0 aromatic carbocycles. The zero-order chi connectivity index (χ0) is 22.1. The van der Waals surface area contributed by atoms with Gasteiger partial charge in [-0.05, 0) is 44.5 Å². The van der Waals surface area contributed by atoms with Gasteiger partial charge in [0.15, 0.2) is 6.29 Å². The second-order valence-electron chi connectivity index (χ2n) is 7.64. The summed E-state index contributed by atoms with van der Waals surface area (Å²) < 4.78 is 39.2. The van der Waals surface area contributed by atoms with Gasteiger partial charge in [-0.2, -0.15) is 13.2 Å². The molecule has 10 heteroatoms. The van der Waals surface area contributed by atoms with Crippen LogP contribution in [0.4, 0.5) is 24.0 Å². The van der Waals surface area contributed by atoms with E-state index in [1.165, 1.54) is 0 Å². The molecule has 162 valence electrons. The van der Waals surface area contributed by atoms with Gasteiger partial charge in [0.05, 0.1) is 17.2 Å². The van der Waals surface area contributed by atoms with Gasteiger partial charge in [0.25, 0.3) is 0 Å². The summed E-state index contributed by atoms with van der Waals surface area (Å²) in [5, 5.41) is 4.47. The summed E-state index contributed by atoms with van der Waals surface area (Å²) in [6, 6.07) is 3.89. The Labute approximate surface area is 176 Å². The maximum Gasteiger partial charge on any atom is 0.417 e. The predicted molar refractivity (Wildman–Crippen MR) is 110 cm³/mol. The molecule has 2 aromatic heterocycles. The number of anilines is 2. The van der Waals surface area contributed by atoms with Crippen molar-refractivity contribution in [3.8, 4) is 0 Å². The molecule has 1 unspecified atom stereocenters. The first-order valence-corrected chi connectivity index (χ1v) is 10.3. The molecule has 0 bridgehead atoms. The van der Waals surface area contributed by atoms with E-state index in [1.54, 1.807) is 11.1 Å². The van der Waals surface area contributed by atoms with Crippen LogP contribution in [0.25, 0.3) is 0 Å². The van der Waals surface area contributed by atoms with E-state index in [2.05, 4.69) is 10.3 Å². The summed E-state index contributed by atoms with van der Waals surface area (Å²) in [5.74, 6) is 0.0602. The normalized spacial score (nSPS) is 19.1. The van der Waals surface area contributed by atoms with Crippen LogP contribution in [-0.4, -0.2) is 46.7 Å². The van der Waals surface area contributed by atoms with E-state index in [4.69, 9.17) is 0 Å². The second kappa shape index (κ2) is 8.35. The summed E-state index contributed by atoms with van der Waals surface area (Å²) in [4.78, 5) is 31.6. The number of carbonyl (C=O) groups excluding carboxylic acids is 2.